The van der Waals surface area contributed by atoms with E-state index in [9.17, 15) is 8.78 Å². The van der Waals surface area contributed by atoms with E-state index in [1.54, 1.807) is 29.1 Å². The van der Waals surface area contributed by atoms with Gasteiger partial charge in [0.05, 0.1) is 11.8 Å². The predicted molar refractivity (Wildman–Crippen MR) is 44.5 cm³/mol. The fourth-order valence-electron chi connectivity index (χ4n) is 1.13. The Hall–Kier alpha value is -0.926. The molecule has 1 aromatic carbocycles. The third kappa shape index (κ3) is 2.11. The van der Waals surface area contributed by atoms with E-state index in [0.717, 1.165) is 0 Å². The fourth-order valence-corrected chi connectivity index (χ4v) is 1.13. The van der Waals surface area contributed by atoms with E-state index in [2.05, 4.69) is 0 Å². The molecule has 0 spiro atoms. The number of benzene rings is 1. The van der Waals surface area contributed by atoms with Crippen molar-refractivity contribution in [2.24, 2.45) is 0 Å². The van der Waals surface area contributed by atoms with E-state index in [1.807, 2.05) is 6.07 Å². The number of rotatable bonds is 1. The van der Waals surface area contributed by atoms with Gasteiger partial charge in [0.25, 0.3) is 0 Å². The molecule has 1 aromatic heterocycles. The molecule has 0 saturated carbocycles. The van der Waals surface area contributed by atoms with Crippen LogP contribution in [0.4, 0.5) is 8.78 Å². The van der Waals surface area contributed by atoms with Crippen LogP contribution in [-0.4, -0.2) is 4.57 Å². The molecule has 1 heterocycles. The van der Waals surface area contributed by atoms with Crippen LogP contribution in [0.15, 0.2) is 36.7 Å². The predicted octanol–water partition coefficient (Wildman–Crippen LogP) is 2.55. The summed E-state index contributed by atoms with van der Waals surface area (Å²) < 4.78 is 27.1. The summed E-state index contributed by atoms with van der Waals surface area (Å²) >= 11 is 0. The van der Waals surface area contributed by atoms with Gasteiger partial charge in [0.2, 0.25) is 0 Å². The molecule has 4 heteroatoms. The summed E-state index contributed by atoms with van der Waals surface area (Å²) in [6, 6.07) is 8.06. The minimum atomic E-state index is -0.687. The first kappa shape index (κ1) is 11.2. The van der Waals surface area contributed by atoms with Crippen molar-refractivity contribution < 1.29 is 30.5 Å². The molecular weight excluding hydrogens is 220 g/mol. The van der Waals surface area contributed by atoms with Crippen LogP contribution in [0.25, 0.3) is 5.69 Å². The Kier molecular flexibility index (Phi) is 3.61. The minimum Gasteiger partial charge on any atom is -0.321 e. The summed E-state index contributed by atoms with van der Waals surface area (Å²) in [5.41, 5.74) is 0.298. The topological polar surface area (TPSA) is 4.93 Å². The first-order valence-electron chi connectivity index (χ1n) is 3.78. The molecule has 0 aliphatic carbocycles. The maximum absolute atomic E-state index is 13.1. The van der Waals surface area contributed by atoms with Crippen LogP contribution in [0.3, 0.4) is 0 Å². The molecule has 0 aliphatic heterocycles. The van der Waals surface area contributed by atoms with Crippen LogP contribution in [0.2, 0.25) is 0 Å². The van der Waals surface area contributed by atoms with Crippen LogP contribution in [0.1, 0.15) is 0 Å². The Morgan fingerprint density at radius 3 is 2.29 bits per heavy atom. The Labute approximate surface area is 95.2 Å². The molecule has 0 amide bonds. The monoisotopic (exact) mass is 226 g/mol. The van der Waals surface area contributed by atoms with Gasteiger partial charge in [-0.1, -0.05) is 0 Å². The van der Waals surface area contributed by atoms with Crippen molar-refractivity contribution in [3.05, 3.63) is 54.4 Å². The van der Waals surface area contributed by atoms with E-state index in [1.165, 1.54) is 12.1 Å². The number of nitrogens with zero attached hydrogens (tertiary/aromatic N) is 1. The van der Waals surface area contributed by atoms with Crippen LogP contribution < -0.4 is 0 Å². The Balaban J connectivity index is 0.000000980. The van der Waals surface area contributed by atoms with Gasteiger partial charge in [-0.25, -0.2) is 8.78 Å². The molecule has 0 fully saturated rings. The van der Waals surface area contributed by atoms with Crippen molar-refractivity contribution in [3.8, 4) is 5.69 Å². The van der Waals surface area contributed by atoms with Gasteiger partial charge < -0.3 is 4.57 Å². The summed E-state index contributed by atoms with van der Waals surface area (Å²) in [7, 11) is 0. The average Bonchev–Trinajstić information content (AvgIpc) is 2.56. The quantitative estimate of drug-likeness (QED) is 0.658. The number of aromatic nitrogens is 1. The van der Waals surface area contributed by atoms with Crippen LogP contribution >= 0.6 is 0 Å². The van der Waals surface area contributed by atoms with Gasteiger partial charge in [-0.05, 0) is 24.3 Å². The van der Waals surface area contributed by atoms with Crippen molar-refractivity contribution in [1.82, 2.24) is 4.57 Å². The maximum atomic E-state index is 13.1. The van der Waals surface area contributed by atoms with Crippen molar-refractivity contribution in [2.75, 3.05) is 0 Å². The summed E-state index contributed by atoms with van der Waals surface area (Å²) in [5, 5.41) is 0. The number of hydrogen-bond acceptors (Lipinski definition) is 0. The summed E-state index contributed by atoms with van der Waals surface area (Å²) in [6.07, 6.45) is 3.37. The third-order valence-electron chi connectivity index (χ3n) is 1.72. The first-order valence-corrected chi connectivity index (χ1v) is 3.78. The van der Waals surface area contributed by atoms with Crippen molar-refractivity contribution in [3.63, 3.8) is 0 Å². The van der Waals surface area contributed by atoms with Gasteiger partial charge >= 0.3 is 0 Å². The third-order valence-corrected chi connectivity index (χ3v) is 1.72. The molecule has 0 N–H and O–H groups in total. The second-order valence-corrected chi connectivity index (χ2v) is 2.60. The molecule has 0 unspecified atom stereocenters. The van der Waals surface area contributed by atoms with Crippen LogP contribution in [-0.2, 0) is 21.7 Å². The molecule has 2 rings (SSSR count). The molecule has 0 bridgehead atoms. The summed E-state index contributed by atoms with van der Waals surface area (Å²) in [6.45, 7) is 0. The largest absolute Gasteiger partial charge is 0.321 e. The van der Waals surface area contributed by atoms with Gasteiger partial charge in [0, 0.05) is 34.1 Å². The van der Waals surface area contributed by atoms with E-state index in [-0.39, 0.29) is 21.7 Å². The molecule has 1 nitrogen and oxygen atoms in total. The second kappa shape index (κ2) is 4.53. The van der Waals surface area contributed by atoms with Gasteiger partial charge in [0.1, 0.15) is 5.82 Å². The Bertz CT molecular complexity index is 412. The van der Waals surface area contributed by atoms with Gasteiger partial charge in [-0.2, -0.15) is 0 Å². The second-order valence-electron chi connectivity index (χ2n) is 2.60. The Morgan fingerprint density at radius 1 is 1.07 bits per heavy atom. The smallest absolute Gasteiger partial charge is 0.158 e. The molecule has 1 radical (unpaired) electrons. The summed E-state index contributed by atoms with van der Waals surface area (Å²) in [5.74, 6) is -1.37. The molecule has 14 heavy (non-hydrogen) atoms. The van der Waals surface area contributed by atoms with Crippen molar-refractivity contribution in [2.45, 2.75) is 0 Å². The molecular formula is C10H6F2NTi. The molecule has 0 aliphatic rings. The van der Waals surface area contributed by atoms with Gasteiger partial charge in [-0.15, -0.1) is 0 Å². The SMILES string of the molecule is Fc1[c]c(F)c(-n2cccc2)cc1.[Ti]. The normalized spacial score (nSPS) is 9.57. The maximum Gasteiger partial charge on any atom is 0.158 e. The summed E-state index contributed by atoms with van der Waals surface area (Å²) in [4.78, 5) is 0. The molecule has 0 atom stereocenters. The van der Waals surface area contributed by atoms with Crippen molar-refractivity contribution >= 4 is 0 Å². The Morgan fingerprint density at radius 2 is 1.71 bits per heavy atom. The molecule has 0 saturated heterocycles. The molecule has 69 valence electrons. The van der Waals surface area contributed by atoms with Crippen LogP contribution in [0.5, 0.6) is 0 Å². The fraction of sp³-hybridized carbons (Fsp3) is 0. The zero-order valence-corrected chi connectivity index (χ0v) is 8.73. The standard InChI is InChI=1S/C10H6F2N.Ti/c11-8-3-4-10(9(12)7-8)13-5-1-2-6-13;/h1-6H;. The van der Waals surface area contributed by atoms with Gasteiger partial charge in [0.15, 0.2) is 5.82 Å². The van der Waals surface area contributed by atoms with Crippen LogP contribution in [0, 0.1) is 17.7 Å². The van der Waals surface area contributed by atoms with E-state index < -0.39 is 11.6 Å². The number of halogens is 2. The zero-order valence-electron chi connectivity index (χ0n) is 7.17. The van der Waals surface area contributed by atoms with E-state index >= 15 is 0 Å². The van der Waals surface area contributed by atoms with E-state index in [0.29, 0.717) is 5.69 Å². The van der Waals surface area contributed by atoms with Gasteiger partial charge in [-0.3, -0.25) is 0 Å². The zero-order chi connectivity index (χ0) is 9.26. The van der Waals surface area contributed by atoms with E-state index in [4.69, 9.17) is 0 Å². The average molecular weight is 226 g/mol. The number of hydrogen-bond donors (Lipinski definition) is 0. The first-order chi connectivity index (χ1) is 6.27. The molecule has 2 aromatic rings. The minimum absolute atomic E-state index is 0. The van der Waals surface area contributed by atoms with Crippen molar-refractivity contribution in [1.29, 1.82) is 0 Å².